The van der Waals surface area contributed by atoms with Gasteiger partial charge in [0.2, 0.25) is 0 Å². The summed E-state index contributed by atoms with van der Waals surface area (Å²) in [6.45, 7) is 15.1. The van der Waals surface area contributed by atoms with Crippen LogP contribution in [0.15, 0.2) is 0 Å². The lowest BCUT2D eigenvalue weighted by atomic mass is 10.1. The molecule has 2 nitrogen and oxygen atoms in total. The number of nitrogens with zero attached hydrogens (tertiary/aromatic N) is 1. The molecule has 2 atom stereocenters. The molecule has 2 heteroatoms. The highest BCUT2D eigenvalue weighted by atomic mass is 15.1. The minimum absolute atomic E-state index is 0.664. The van der Waals surface area contributed by atoms with Gasteiger partial charge in [-0.1, -0.05) is 46.5 Å². The van der Waals surface area contributed by atoms with Crippen LogP contribution in [0.5, 0.6) is 0 Å². The molecule has 116 valence electrons. The SMILES string of the molecule is CCCCCCC(C)NC(C)CCCN(CC)CC. The molecule has 0 aromatic heterocycles. The van der Waals surface area contributed by atoms with Crippen LogP contribution in [0.1, 0.15) is 79.6 Å². The van der Waals surface area contributed by atoms with Gasteiger partial charge in [0.05, 0.1) is 0 Å². The van der Waals surface area contributed by atoms with Crippen molar-refractivity contribution in [3.8, 4) is 0 Å². The third-order valence-corrected chi connectivity index (χ3v) is 4.07. The fraction of sp³-hybridized carbons (Fsp3) is 1.00. The maximum Gasteiger partial charge on any atom is 0.00416 e. The molecule has 0 aromatic carbocycles. The molecule has 0 aliphatic heterocycles. The number of rotatable bonds is 13. The summed E-state index contributed by atoms with van der Waals surface area (Å²) >= 11 is 0. The van der Waals surface area contributed by atoms with E-state index in [9.17, 15) is 0 Å². The quantitative estimate of drug-likeness (QED) is 0.498. The van der Waals surface area contributed by atoms with Crippen LogP contribution < -0.4 is 5.32 Å². The van der Waals surface area contributed by atoms with Gasteiger partial charge < -0.3 is 10.2 Å². The predicted molar refractivity (Wildman–Crippen MR) is 87.8 cm³/mol. The average Bonchev–Trinajstić information content (AvgIpc) is 2.40. The van der Waals surface area contributed by atoms with Crippen molar-refractivity contribution in [1.82, 2.24) is 10.2 Å². The van der Waals surface area contributed by atoms with Gasteiger partial charge in [0.25, 0.3) is 0 Å². The summed E-state index contributed by atoms with van der Waals surface area (Å²) in [5.74, 6) is 0. The van der Waals surface area contributed by atoms with Gasteiger partial charge in [-0.2, -0.15) is 0 Å². The Morgan fingerprint density at radius 2 is 1.37 bits per heavy atom. The smallest absolute Gasteiger partial charge is 0.00416 e. The molecule has 0 aliphatic carbocycles. The minimum atomic E-state index is 0.664. The first-order chi connectivity index (χ1) is 9.13. The van der Waals surface area contributed by atoms with E-state index in [1.54, 1.807) is 0 Å². The zero-order valence-electron chi connectivity index (χ0n) is 14.2. The monoisotopic (exact) mass is 270 g/mol. The van der Waals surface area contributed by atoms with Crippen LogP contribution in [-0.2, 0) is 0 Å². The van der Waals surface area contributed by atoms with Crippen molar-refractivity contribution in [1.29, 1.82) is 0 Å². The summed E-state index contributed by atoms with van der Waals surface area (Å²) in [7, 11) is 0. The predicted octanol–water partition coefficient (Wildman–Crippen LogP) is 4.45. The fourth-order valence-electron chi connectivity index (χ4n) is 2.69. The topological polar surface area (TPSA) is 15.3 Å². The first-order valence-electron chi connectivity index (χ1n) is 8.62. The van der Waals surface area contributed by atoms with E-state index in [0.717, 1.165) is 0 Å². The van der Waals surface area contributed by atoms with Crippen molar-refractivity contribution in [2.75, 3.05) is 19.6 Å². The van der Waals surface area contributed by atoms with Gasteiger partial charge in [-0.05, 0) is 52.7 Å². The summed E-state index contributed by atoms with van der Waals surface area (Å²) < 4.78 is 0. The fourth-order valence-corrected chi connectivity index (χ4v) is 2.69. The summed E-state index contributed by atoms with van der Waals surface area (Å²) in [4.78, 5) is 2.51. The lowest BCUT2D eigenvalue weighted by Crippen LogP contribution is -2.35. The summed E-state index contributed by atoms with van der Waals surface area (Å²) in [5, 5.41) is 3.75. The lowest BCUT2D eigenvalue weighted by Gasteiger charge is -2.22. The van der Waals surface area contributed by atoms with Crippen LogP contribution in [0.25, 0.3) is 0 Å². The van der Waals surface area contributed by atoms with Crippen LogP contribution >= 0.6 is 0 Å². The van der Waals surface area contributed by atoms with E-state index in [1.165, 1.54) is 64.6 Å². The second-order valence-electron chi connectivity index (χ2n) is 5.99. The number of unbranched alkanes of at least 4 members (excludes halogenated alkanes) is 3. The van der Waals surface area contributed by atoms with E-state index in [1.807, 2.05) is 0 Å². The Kier molecular flexibility index (Phi) is 12.9. The molecule has 0 spiro atoms. The van der Waals surface area contributed by atoms with E-state index in [0.29, 0.717) is 12.1 Å². The highest BCUT2D eigenvalue weighted by Crippen LogP contribution is 2.07. The minimum Gasteiger partial charge on any atom is -0.312 e. The highest BCUT2D eigenvalue weighted by Gasteiger charge is 2.07. The van der Waals surface area contributed by atoms with Crippen molar-refractivity contribution in [3.63, 3.8) is 0 Å². The zero-order chi connectivity index (χ0) is 14.5. The molecule has 0 rings (SSSR count). The Hall–Kier alpha value is -0.0800. The largest absolute Gasteiger partial charge is 0.312 e. The number of nitrogens with one attached hydrogen (secondary N) is 1. The van der Waals surface area contributed by atoms with Gasteiger partial charge in [-0.3, -0.25) is 0 Å². The average molecular weight is 271 g/mol. The van der Waals surface area contributed by atoms with Crippen LogP contribution in [-0.4, -0.2) is 36.6 Å². The molecule has 0 bridgehead atoms. The number of hydrogen-bond acceptors (Lipinski definition) is 2. The molecule has 1 N–H and O–H groups in total. The van der Waals surface area contributed by atoms with Gasteiger partial charge in [0, 0.05) is 12.1 Å². The molecule has 0 aliphatic rings. The van der Waals surface area contributed by atoms with Gasteiger partial charge in [-0.25, -0.2) is 0 Å². The van der Waals surface area contributed by atoms with Gasteiger partial charge >= 0.3 is 0 Å². The Balaban J connectivity index is 3.53. The summed E-state index contributed by atoms with van der Waals surface area (Å²) in [6, 6.07) is 1.34. The molecule has 0 saturated heterocycles. The molecular weight excluding hydrogens is 232 g/mol. The van der Waals surface area contributed by atoms with Crippen molar-refractivity contribution in [2.24, 2.45) is 0 Å². The van der Waals surface area contributed by atoms with E-state index >= 15 is 0 Å². The maximum absolute atomic E-state index is 3.75. The van der Waals surface area contributed by atoms with E-state index in [-0.39, 0.29) is 0 Å². The Morgan fingerprint density at radius 3 is 1.89 bits per heavy atom. The molecule has 0 heterocycles. The second-order valence-corrected chi connectivity index (χ2v) is 5.99. The van der Waals surface area contributed by atoms with Crippen LogP contribution in [0.2, 0.25) is 0 Å². The van der Waals surface area contributed by atoms with E-state index in [2.05, 4.69) is 44.8 Å². The van der Waals surface area contributed by atoms with Crippen molar-refractivity contribution >= 4 is 0 Å². The first-order valence-corrected chi connectivity index (χ1v) is 8.62. The molecule has 0 amide bonds. The Labute approximate surface area is 122 Å². The summed E-state index contributed by atoms with van der Waals surface area (Å²) in [6.07, 6.45) is 9.47. The third kappa shape index (κ3) is 11.4. The van der Waals surface area contributed by atoms with E-state index in [4.69, 9.17) is 0 Å². The molecule has 19 heavy (non-hydrogen) atoms. The molecular formula is C17H38N2. The van der Waals surface area contributed by atoms with Gasteiger partial charge in [0.15, 0.2) is 0 Å². The normalized spacial score (nSPS) is 14.8. The van der Waals surface area contributed by atoms with Crippen molar-refractivity contribution in [3.05, 3.63) is 0 Å². The molecule has 0 aromatic rings. The van der Waals surface area contributed by atoms with Crippen molar-refractivity contribution < 1.29 is 0 Å². The maximum atomic E-state index is 3.75. The molecule has 0 fully saturated rings. The Bertz CT molecular complexity index is 178. The van der Waals surface area contributed by atoms with E-state index < -0.39 is 0 Å². The zero-order valence-corrected chi connectivity index (χ0v) is 14.2. The lowest BCUT2D eigenvalue weighted by molar-refractivity contribution is 0.287. The molecule has 2 unspecified atom stereocenters. The highest BCUT2D eigenvalue weighted by molar-refractivity contribution is 4.68. The van der Waals surface area contributed by atoms with Crippen LogP contribution in [0, 0.1) is 0 Å². The van der Waals surface area contributed by atoms with Gasteiger partial charge in [0.1, 0.15) is 0 Å². The summed E-state index contributed by atoms with van der Waals surface area (Å²) in [5.41, 5.74) is 0. The van der Waals surface area contributed by atoms with Crippen molar-refractivity contribution in [2.45, 2.75) is 91.6 Å². The standard InChI is InChI=1S/C17H38N2/c1-6-9-10-11-13-16(4)18-17(5)14-12-15-19(7-2)8-3/h16-18H,6-15H2,1-5H3. The Morgan fingerprint density at radius 1 is 0.789 bits per heavy atom. The van der Waals surface area contributed by atoms with Crippen LogP contribution in [0.4, 0.5) is 0 Å². The number of hydrogen-bond donors (Lipinski definition) is 1. The van der Waals surface area contributed by atoms with Crippen LogP contribution in [0.3, 0.4) is 0 Å². The first kappa shape index (κ1) is 18.9. The van der Waals surface area contributed by atoms with Gasteiger partial charge in [-0.15, -0.1) is 0 Å². The molecule has 0 saturated carbocycles. The molecule has 0 radical (unpaired) electrons. The third-order valence-electron chi connectivity index (χ3n) is 4.07. The second kappa shape index (κ2) is 12.9.